The first-order chi connectivity index (χ1) is 19.3. The van der Waals surface area contributed by atoms with Gasteiger partial charge in [0.15, 0.2) is 0 Å². The molecular weight excluding hydrogens is 472 g/mol. The number of benzene rings is 3. The monoisotopic (exact) mass is 504 g/mol. The quantitative estimate of drug-likeness (QED) is 0.243. The second-order valence-corrected chi connectivity index (χ2v) is 11.1. The van der Waals surface area contributed by atoms with Gasteiger partial charge in [-0.25, -0.2) is 0 Å². The average molecular weight is 505 g/mol. The number of hydrogen-bond acceptors (Lipinski definition) is 0. The lowest BCUT2D eigenvalue weighted by molar-refractivity contribution is 0.948. The Labute approximate surface area is 229 Å². The van der Waals surface area contributed by atoms with Crippen LogP contribution in [0.5, 0.6) is 0 Å². The molecule has 3 aromatic carbocycles. The van der Waals surface area contributed by atoms with Crippen LogP contribution in [-0.2, 0) is 19.3 Å². The lowest BCUT2D eigenvalue weighted by Crippen LogP contribution is -2.31. The van der Waals surface area contributed by atoms with Crippen LogP contribution in [0.25, 0.3) is 46.6 Å². The number of hydrogen-bond donors (Lipinski definition) is 0. The summed E-state index contributed by atoms with van der Waals surface area (Å²) in [6, 6.07) is 27.2. The van der Waals surface area contributed by atoms with E-state index in [1.807, 2.05) is 0 Å². The zero-order chi connectivity index (χ0) is 25.8. The van der Waals surface area contributed by atoms with Crippen molar-refractivity contribution < 1.29 is 0 Å². The van der Waals surface area contributed by atoms with Gasteiger partial charge in [0.2, 0.25) is 0 Å². The normalized spacial score (nSPS) is 15.4. The fraction of sp³-hybridized carbons (Fsp3) is 0.189. The Kier molecular flexibility index (Phi) is 5.33. The highest BCUT2D eigenvalue weighted by Gasteiger charge is 2.19. The Bertz CT molecular complexity index is 1900. The van der Waals surface area contributed by atoms with Crippen molar-refractivity contribution in [1.82, 2.24) is 9.13 Å². The van der Waals surface area contributed by atoms with E-state index in [4.69, 9.17) is 0 Å². The Balaban J connectivity index is 1.10. The van der Waals surface area contributed by atoms with Gasteiger partial charge in [-0.1, -0.05) is 66.8 Å². The number of rotatable bonds is 4. The molecule has 0 bridgehead atoms. The largest absolute Gasteiger partial charge is 0.310 e. The summed E-state index contributed by atoms with van der Waals surface area (Å²) >= 11 is 0. The van der Waals surface area contributed by atoms with Gasteiger partial charge >= 0.3 is 0 Å². The van der Waals surface area contributed by atoms with Crippen LogP contribution in [0.15, 0.2) is 84.9 Å². The Morgan fingerprint density at radius 3 is 1.92 bits per heavy atom. The van der Waals surface area contributed by atoms with Crippen LogP contribution < -0.4 is 10.6 Å². The van der Waals surface area contributed by atoms with Crippen molar-refractivity contribution in [3.63, 3.8) is 0 Å². The number of aromatic nitrogens is 2. The Morgan fingerprint density at radius 1 is 0.564 bits per heavy atom. The van der Waals surface area contributed by atoms with Gasteiger partial charge in [0, 0.05) is 33.5 Å². The Morgan fingerprint density at radius 2 is 1.18 bits per heavy atom. The molecule has 39 heavy (non-hydrogen) atoms. The van der Waals surface area contributed by atoms with Gasteiger partial charge in [0.05, 0.1) is 5.52 Å². The van der Waals surface area contributed by atoms with E-state index in [1.165, 1.54) is 66.5 Å². The van der Waals surface area contributed by atoms with Crippen molar-refractivity contribution in [2.45, 2.75) is 44.9 Å². The molecule has 2 heterocycles. The van der Waals surface area contributed by atoms with Crippen LogP contribution in [0.2, 0.25) is 0 Å². The van der Waals surface area contributed by atoms with E-state index < -0.39 is 0 Å². The highest BCUT2D eigenvalue weighted by molar-refractivity contribution is 5.90. The first-order valence-corrected chi connectivity index (χ1v) is 14.4. The second kappa shape index (κ2) is 9.17. The fourth-order valence-electron chi connectivity index (χ4n) is 6.92. The van der Waals surface area contributed by atoms with E-state index in [1.54, 1.807) is 0 Å². The average Bonchev–Trinajstić information content (AvgIpc) is 3.51. The minimum Gasteiger partial charge on any atom is -0.310 e. The summed E-state index contributed by atoms with van der Waals surface area (Å²) in [5, 5.41) is 4.24. The van der Waals surface area contributed by atoms with E-state index in [9.17, 15) is 0 Å². The molecule has 190 valence electrons. The summed E-state index contributed by atoms with van der Waals surface area (Å²) < 4.78 is 4.91. The van der Waals surface area contributed by atoms with Gasteiger partial charge in [-0.2, -0.15) is 0 Å². The van der Waals surface area contributed by atoms with Gasteiger partial charge in [0.25, 0.3) is 0 Å². The molecule has 0 radical (unpaired) electrons. The molecule has 0 spiro atoms. The molecule has 0 saturated carbocycles. The highest BCUT2D eigenvalue weighted by atomic mass is 15.0. The third kappa shape index (κ3) is 3.70. The number of para-hydroxylation sites is 1. The second-order valence-electron chi connectivity index (χ2n) is 11.1. The molecule has 0 aliphatic heterocycles. The maximum absolute atomic E-state index is 2.48. The summed E-state index contributed by atoms with van der Waals surface area (Å²) in [7, 11) is 0. The summed E-state index contributed by atoms with van der Waals surface area (Å²) in [5.41, 5.74) is 12.2. The summed E-state index contributed by atoms with van der Waals surface area (Å²) in [6.07, 6.45) is 21.9. The number of fused-ring (bicyclic) bond motifs is 6. The van der Waals surface area contributed by atoms with E-state index >= 15 is 0 Å². The van der Waals surface area contributed by atoms with Gasteiger partial charge in [-0.15, -0.1) is 0 Å². The lowest BCUT2D eigenvalue weighted by Gasteiger charge is -2.13. The fourth-order valence-corrected chi connectivity index (χ4v) is 6.92. The van der Waals surface area contributed by atoms with Gasteiger partial charge in [-0.05, 0) is 115 Å². The minimum absolute atomic E-state index is 0.937. The van der Waals surface area contributed by atoms with Crippen molar-refractivity contribution in [3.8, 4) is 11.4 Å². The molecule has 0 atom stereocenters. The molecule has 2 aromatic heterocycles. The van der Waals surface area contributed by atoms with Crippen LogP contribution in [0.4, 0.5) is 0 Å². The molecule has 0 N–H and O–H groups in total. The van der Waals surface area contributed by atoms with Crippen molar-refractivity contribution in [2.75, 3.05) is 0 Å². The van der Waals surface area contributed by atoms with Crippen LogP contribution in [0.1, 0.15) is 59.3 Å². The predicted octanol–water partition coefficient (Wildman–Crippen LogP) is 7.29. The number of allylic oxidation sites excluding steroid dienone is 2. The van der Waals surface area contributed by atoms with Gasteiger partial charge < -0.3 is 9.13 Å². The molecule has 0 unspecified atom stereocenters. The molecule has 2 nitrogen and oxygen atoms in total. The first kappa shape index (κ1) is 22.7. The van der Waals surface area contributed by atoms with E-state index in [0.717, 1.165) is 44.9 Å². The molecule has 2 heteroatoms. The maximum atomic E-state index is 2.48. The molecule has 8 rings (SSSR count). The minimum atomic E-state index is 0.937. The smallest absolute Gasteiger partial charge is 0.0537 e. The zero-order valence-electron chi connectivity index (χ0n) is 22.2. The number of nitrogens with zero attached hydrogens (tertiary/aromatic N) is 2. The predicted molar refractivity (Wildman–Crippen MR) is 164 cm³/mol. The van der Waals surface area contributed by atoms with Crippen LogP contribution in [0, 0.1) is 0 Å². The molecule has 3 aliphatic rings. The maximum Gasteiger partial charge on any atom is 0.0537 e. The first-order valence-electron chi connectivity index (χ1n) is 14.4. The van der Waals surface area contributed by atoms with Crippen LogP contribution >= 0.6 is 0 Å². The lowest BCUT2D eigenvalue weighted by atomic mass is 10.0. The van der Waals surface area contributed by atoms with Gasteiger partial charge in [0.1, 0.15) is 0 Å². The van der Waals surface area contributed by atoms with Crippen LogP contribution in [-0.4, -0.2) is 9.13 Å². The van der Waals surface area contributed by atoms with Crippen molar-refractivity contribution in [2.24, 2.45) is 0 Å². The molecule has 3 aliphatic carbocycles. The van der Waals surface area contributed by atoms with E-state index in [-0.39, 0.29) is 0 Å². The summed E-state index contributed by atoms with van der Waals surface area (Å²) in [5.74, 6) is 0. The van der Waals surface area contributed by atoms with Crippen LogP contribution in [0.3, 0.4) is 0 Å². The SMILES string of the molecule is C1=Cc2c(c3c(n2-c2ccc(Cc4ccc(-n5c6c(c7ccccc75)CCC=C6)cc4)cc2)=CCCC=3)CC1. The molecular formula is C37H32N2. The number of aryl methyl sites for hydroxylation is 1. The molecule has 0 amide bonds. The van der Waals surface area contributed by atoms with Gasteiger partial charge in [-0.3, -0.25) is 0 Å². The Hall–Kier alpha value is -4.30. The van der Waals surface area contributed by atoms with Crippen molar-refractivity contribution in [1.29, 1.82) is 0 Å². The third-order valence-electron chi connectivity index (χ3n) is 8.74. The van der Waals surface area contributed by atoms with E-state index in [0.29, 0.717) is 0 Å². The zero-order valence-corrected chi connectivity index (χ0v) is 22.2. The highest BCUT2D eigenvalue weighted by Crippen LogP contribution is 2.34. The molecule has 0 saturated heterocycles. The summed E-state index contributed by atoms with van der Waals surface area (Å²) in [4.78, 5) is 0. The van der Waals surface area contributed by atoms with Crippen molar-refractivity contribution in [3.05, 3.63) is 129 Å². The van der Waals surface area contributed by atoms with E-state index in [2.05, 4.69) is 118 Å². The third-order valence-corrected chi connectivity index (χ3v) is 8.74. The molecule has 0 fully saturated rings. The standard InChI is InChI=1S/C37H32N2/c1-5-13-34-30(9-1)31-10-2-6-14-35(31)38(34)28-21-17-26(18-22-28)25-27-19-23-29(24-20-27)39-36-15-7-3-11-32(36)33-12-4-8-16-37(33)39/h1,5-7,9,12-24H,2-4,8,10-11,25H2. The summed E-state index contributed by atoms with van der Waals surface area (Å²) in [6.45, 7) is 0. The molecule has 5 aromatic rings. The topological polar surface area (TPSA) is 9.86 Å². The van der Waals surface area contributed by atoms with Crippen molar-refractivity contribution >= 4 is 35.2 Å².